The monoisotopic (exact) mass is 1480 g/mol. The topological polar surface area (TPSA) is 184 Å². The van der Waals surface area contributed by atoms with E-state index in [1.807, 2.05) is 112 Å². The van der Waals surface area contributed by atoms with E-state index in [4.69, 9.17) is 104 Å². The van der Waals surface area contributed by atoms with E-state index in [1.54, 1.807) is 35.5 Å². The maximum absolute atomic E-state index is 12.5. The molecule has 26 heteroatoms. The van der Waals surface area contributed by atoms with E-state index in [0.717, 1.165) is 150 Å². The molecule has 0 saturated carbocycles. The largest absolute Gasteiger partial charge is 0.444 e. The SMILES string of the molecule is C1CCOC1.CCC1(C)CCN(c2cnc(Sc3cccc(Cl)c3Cl)c(C)n2)CC1.CO.Cc1nc(N2CCC(C)(N(C)C(=O)OC(C)(C)C)CC2)cnc1Sc1cccc(Cl)c1Cl.Cc1nc(N2CCC(C)(NC(=O)OC(C)(C)C)CC2)cnc1Sc1cccc(Cl)c1Cl. The number of aliphatic hydroxyl groups is 1. The van der Waals surface area contributed by atoms with Gasteiger partial charge in [-0.25, -0.2) is 39.5 Å². The molecule has 2 amide bonds. The highest BCUT2D eigenvalue weighted by atomic mass is 35.5. The predicted octanol–water partition coefficient (Wildman–Crippen LogP) is 19.3. The molecule has 17 nitrogen and oxygen atoms in total. The van der Waals surface area contributed by atoms with Gasteiger partial charge < -0.3 is 44.2 Å². The van der Waals surface area contributed by atoms with Gasteiger partial charge in [-0.1, -0.05) is 143 Å². The van der Waals surface area contributed by atoms with Gasteiger partial charge in [-0.05, 0) is 169 Å². The number of hydrogen-bond acceptors (Lipinski definition) is 18. The molecular weight excluding hydrogens is 1390 g/mol. The van der Waals surface area contributed by atoms with Crippen LogP contribution in [0.1, 0.15) is 144 Å². The lowest BCUT2D eigenvalue weighted by molar-refractivity contribution is 0.00340. The first kappa shape index (κ1) is 79.5. The molecule has 3 aromatic heterocycles. The summed E-state index contributed by atoms with van der Waals surface area (Å²) in [4.78, 5) is 64.0. The maximum Gasteiger partial charge on any atom is 0.410 e. The van der Waals surface area contributed by atoms with Gasteiger partial charge in [0.2, 0.25) is 0 Å². The van der Waals surface area contributed by atoms with Gasteiger partial charge in [-0.3, -0.25) is 0 Å². The summed E-state index contributed by atoms with van der Waals surface area (Å²) in [6.45, 7) is 33.1. The van der Waals surface area contributed by atoms with Crippen molar-refractivity contribution in [3.63, 3.8) is 0 Å². The molecule has 520 valence electrons. The molecule has 7 heterocycles. The van der Waals surface area contributed by atoms with Crippen LogP contribution in [0.3, 0.4) is 0 Å². The lowest BCUT2D eigenvalue weighted by Gasteiger charge is -2.45. The predicted molar refractivity (Wildman–Crippen MR) is 393 cm³/mol. The Bertz CT molecular complexity index is 3500. The van der Waals surface area contributed by atoms with Gasteiger partial charge in [0.05, 0.1) is 65.8 Å². The van der Waals surface area contributed by atoms with Crippen molar-refractivity contribution in [1.29, 1.82) is 0 Å². The molecule has 95 heavy (non-hydrogen) atoms. The van der Waals surface area contributed by atoms with E-state index in [2.05, 4.69) is 62.7 Å². The van der Waals surface area contributed by atoms with Crippen LogP contribution in [0.4, 0.5) is 27.0 Å². The van der Waals surface area contributed by atoms with Gasteiger partial charge in [0.15, 0.2) is 0 Å². The fourth-order valence-corrected chi connectivity index (χ4v) is 14.3. The number of rotatable bonds is 12. The van der Waals surface area contributed by atoms with Crippen LogP contribution >= 0.6 is 105 Å². The molecular formula is C69H93Cl6N11O6S3. The smallest absolute Gasteiger partial charge is 0.410 e. The summed E-state index contributed by atoms with van der Waals surface area (Å²) in [6, 6.07) is 16.7. The third-order valence-electron chi connectivity index (χ3n) is 16.6. The Morgan fingerprint density at radius 3 is 1.21 bits per heavy atom. The zero-order valence-electron chi connectivity index (χ0n) is 57.4. The minimum atomic E-state index is -0.511. The van der Waals surface area contributed by atoms with E-state index in [-0.39, 0.29) is 23.3 Å². The first-order valence-electron chi connectivity index (χ1n) is 31.9. The number of aliphatic hydroxyl groups excluding tert-OH is 1. The van der Waals surface area contributed by atoms with Crippen molar-refractivity contribution >= 4 is 135 Å². The van der Waals surface area contributed by atoms with Gasteiger partial charge in [-0.2, -0.15) is 0 Å². The summed E-state index contributed by atoms with van der Waals surface area (Å²) in [5.41, 5.74) is 1.47. The highest BCUT2D eigenvalue weighted by Gasteiger charge is 2.39. The number of carbonyl (C=O) groups excluding carboxylic acids is 2. The normalized spacial score (nSPS) is 16.5. The van der Waals surface area contributed by atoms with Crippen LogP contribution in [0.15, 0.2) is 103 Å². The average Bonchev–Trinajstić information content (AvgIpc) is 1.41. The Morgan fingerprint density at radius 2 is 0.905 bits per heavy atom. The second-order valence-electron chi connectivity index (χ2n) is 26.5. The standard InChI is InChI=1S/C23H30Cl2N4O2S.C22H28Cl2N4O2S.C19H23Cl2N3S.C4H8O.CH4O/c1-15-20(32-17-9-7-8-16(24)19(17)25)26-14-18(27-15)29-12-10-23(5,11-13-29)28(6)21(30)31-22(2,3)4;1-14-19(31-16-8-6-7-15(23)18(16)24)25-13-17(26-14)28-11-9-22(5,10-12-28)27-20(29)30-21(2,3)4;1-4-19(3)8-10-24(11-9-19)16-12-22-18(13(2)23-16)25-15-7-5-6-14(20)17(15)21;1-2-4-5-3-1;1-2/h7-9,14H,10-13H2,1-6H3;6-8,13H,9-12H2,1-5H3,(H,27,29);5-7,12H,4,8-11H2,1-3H3;1-4H2;2H,1H3. The quantitative estimate of drug-likeness (QED) is 0.118. The Balaban J connectivity index is 0.000000215. The van der Waals surface area contributed by atoms with Crippen molar-refractivity contribution in [2.45, 2.75) is 200 Å². The van der Waals surface area contributed by atoms with Crippen molar-refractivity contribution in [3.8, 4) is 0 Å². The molecule has 6 aromatic rings. The Morgan fingerprint density at radius 1 is 0.568 bits per heavy atom. The van der Waals surface area contributed by atoms with Crippen LogP contribution in [-0.2, 0) is 14.2 Å². The van der Waals surface area contributed by atoms with Gasteiger partial charge in [0, 0.05) is 92.4 Å². The average molecular weight is 1480 g/mol. The van der Waals surface area contributed by atoms with Gasteiger partial charge in [-0.15, -0.1) is 0 Å². The Kier molecular flexibility index (Phi) is 30.2. The summed E-state index contributed by atoms with van der Waals surface area (Å²) in [5, 5.41) is 15.7. The molecule has 4 saturated heterocycles. The molecule has 4 aliphatic rings. The van der Waals surface area contributed by atoms with Gasteiger partial charge in [0.25, 0.3) is 0 Å². The number of benzene rings is 3. The van der Waals surface area contributed by atoms with E-state index in [1.165, 1.54) is 67.4 Å². The molecule has 0 unspecified atom stereocenters. The fraction of sp³-hybridized carbons (Fsp3) is 0.536. The number of alkyl carbamates (subject to hydrolysis) is 1. The lowest BCUT2D eigenvalue weighted by Crippen LogP contribution is -2.55. The van der Waals surface area contributed by atoms with Crippen molar-refractivity contribution in [3.05, 3.63) is 120 Å². The number of hydrogen-bond donors (Lipinski definition) is 2. The van der Waals surface area contributed by atoms with Crippen LogP contribution in [0, 0.1) is 26.2 Å². The molecule has 0 aliphatic carbocycles. The second kappa shape index (κ2) is 36.1. The fourth-order valence-electron chi connectivity index (χ4n) is 10.3. The number of halogens is 6. The molecule has 0 bridgehead atoms. The van der Waals surface area contributed by atoms with Crippen LogP contribution < -0.4 is 20.0 Å². The number of amides is 2. The van der Waals surface area contributed by atoms with E-state index in [0.29, 0.717) is 35.6 Å². The molecule has 4 aliphatic heterocycles. The summed E-state index contributed by atoms with van der Waals surface area (Å²) < 4.78 is 15.9. The summed E-state index contributed by atoms with van der Waals surface area (Å²) in [5.74, 6) is 2.64. The van der Waals surface area contributed by atoms with E-state index < -0.39 is 11.2 Å². The lowest BCUT2D eigenvalue weighted by atomic mass is 9.78. The van der Waals surface area contributed by atoms with Crippen LogP contribution in [0.25, 0.3) is 0 Å². The van der Waals surface area contributed by atoms with Crippen LogP contribution in [0.2, 0.25) is 30.1 Å². The van der Waals surface area contributed by atoms with Crippen LogP contribution in [-0.4, -0.2) is 141 Å². The zero-order valence-corrected chi connectivity index (χ0v) is 64.4. The molecule has 3 aromatic carbocycles. The van der Waals surface area contributed by atoms with Crippen molar-refractivity contribution in [2.24, 2.45) is 5.41 Å². The summed E-state index contributed by atoms with van der Waals surface area (Å²) >= 11 is 41.6. The third-order valence-corrected chi connectivity index (χ3v) is 22.9. The molecule has 0 atom stereocenters. The number of anilines is 3. The molecule has 0 spiro atoms. The summed E-state index contributed by atoms with van der Waals surface area (Å²) in [6.07, 6.45) is 14.2. The van der Waals surface area contributed by atoms with Crippen LogP contribution in [0.5, 0.6) is 0 Å². The number of aromatic nitrogens is 6. The van der Waals surface area contributed by atoms with E-state index in [9.17, 15) is 9.59 Å². The first-order valence-corrected chi connectivity index (χ1v) is 36.6. The zero-order chi connectivity index (χ0) is 70.1. The first-order chi connectivity index (χ1) is 44.8. The molecule has 10 rings (SSSR count). The maximum atomic E-state index is 12.5. The van der Waals surface area contributed by atoms with Gasteiger partial charge >= 0.3 is 12.2 Å². The molecule has 0 radical (unpaired) electrons. The number of piperidine rings is 3. The summed E-state index contributed by atoms with van der Waals surface area (Å²) in [7, 11) is 2.82. The Hall–Kier alpha value is -4.45. The van der Waals surface area contributed by atoms with Gasteiger partial charge in [0.1, 0.15) is 43.7 Å². The number of ether oxygens (including phenoxy) is 3. The highest BCUT2D eigenvalue weighted by Crippen LogP contribution is 2.42. The third kappa shape index (κ3) is 23.9. The highest BCUT2D eigenvalue weighted by molar-refractivity contribution is 8.00. The number of aryl methyl sites for hydroxylation is 3. The minimum absolute atomic E-state index is 0.263. The number of carbonyl (C=O) groups is 2. The van der Waals surface area contributed by atoms with Crippen molar-refractivity contribution in [2.75, 3.05) is 81.3 Å². The van der Waals surface area contributed by atoms with Crippen molar-refractivity contribution in [1.82, 2.24) is 40.1 Å². The Labute approximate surface area is 606 Å². The number of nitrogens with one attached hydrogen (secondary N) is 1. The molecule has 4 fully saturated rings. The second-order valence-corrected chi connectivity index (χ2v) is 31.9. The number of nitrogens with zero attached hydrogens (tertiary/aromatic N) is 10. The molecule has 2 N–H and O–H groups in total. The van der Waals surface area contributed by atoms with Crippen molar-refractivity contribution < 1.29 is 28.9 Å². The van der Waals surface area contributed by atoms with E-state index >= 15 is 0 Å². The minimum Gasteiger partial charge on any atom is -0.444 e.